The molecule has 0 aromatic rings. The van der Waals surface area contributed by atoms with Crippen LogP contribution < -0.4 is 0 Å². The molecule has 0 spiro atoms. The van der Waals surface area contributed by atoms with E-state index in [1.807, 2.05) is 0 Å². The summed E-state index contributed by atoms with van der Waals surface area (Å²) in [7, 11) is 0. The standard InChI is InChI=1S/C14H29O2.C2H4O2/c1-2-3-4-5-6-7-8-9-10-11-13-16-14-12-15;1-2(3)4/h2-14H2,1H3;1H3,(H,3,4). The zero-order valence-electron chi connectivity index (χ0n) is 13.4. The van der Waals surface area contributed by atoms with E-state index in [1.54, 1.807) is 0 Å². The average Bonchev–Trinajstić information content (AvgIpc) is 2.39. The lowest BCUT2D eigenvalue weighted by Crippen LogP contribution is -1.99. The molecule has 121 valence electrons. The van der Waals surface area contributed by atoms with Gasteiger partial charge in [-0.05, 0) is 6.42 Å². The van der Waals surface area contributed by atoms with Gasteiger partial charge in [0, 0.05) is 13.5 Å². The first-order valence-corrected chi connectivity index (χ1v) is 8.00. The summed E-state index contributed by atoms with van der Waals surface area (Å²) < 4.78 is 5.14. The van der Waals surface area contributed by atoms with Gasteiger partial charge in [-0.2, -0.15) is 0 Å². The Morgan fingerprint density at radius 1 is 0.850 bits per heavy atom. The van der Waals surface area contributed by atoms with Crippen molar-refractivity contribution in [2.75, 3.05) is 19.8 Å². The maximum absolute atomic E-state index is 10.1. The van der Waals surface area contributed by atoms with Gasteiger partial charge < -0.3 is 9.84 Å². The number of hydrogen-bond acceptors (Lipinski definition) is 2. The number of carboxylic acid groups (broad SMARTS) is 1. The topological polar surface area (TPSA) is 66.4 Å². The molecule has 0 bridgehead atoms. The number of aliphatic carboxylic acids is 1. The molecule has 0 fully saturated rings. The van der Waals surface area contributed by atoms with E-state index < -0.39 is 5.97 Å². The molecule has 0 aliphatic heterocycles. The van der Waals surface area contributed by atoms with Crippen molar-refractivity contribution in [2.45, 2.75) is 78.1 Å². The van der Waals surface area contributed by atoms with Gasteiger partial charge in [-0.3, -0.25) is 4.79 Å². The molecular weight excluding hydrogens is 256 g/mol. The zero-order valence-corrected chi connectivity index (χ0v) is 13.4. The fourth-order valence-electron chi connectivity index (χ4n) is 1.85. The monoisotopic (exact) mass is 289 g/mol. The first-order chi connectivity index (χ1) is 9.65. The lowest BCUT2D eigenvalue weighted by atomic mass is 10.1. The minimum Gasteiger partial charge on any atom is -0.481 e. The van der Waals surface area contributed by atoms with Crippen LogP contribution in [0.1, 0.15) is 78.1 Å². The summed E-state index contributed by atoms with van der Waals surface area (Å²) in [6.45, 7) is 4.41. The van der Waals surface area contributed by atoms with Crippen LogP contribution in [0.25, 0.3) is 0 Å². The fraction of sp³-hybridized carbons (Fsp3) is 0.938. The number of unbranched alkanes of at least 4 members (excludes halogenated alkanes) is 9. The Hall–Kier alpha value is -0.610. The Kier molecular flexibility index (Phi) is 22.4. The Balaban J connectivity index is 0. The summed E-state index contributed by atoms with van der Waals surface area (Å²) in [5, 5.41) is 17.5. The van der Waals surface area contributed by atoms with Crippen molar-refractivity contribution in [1.29, 1.82) is 0 Å². The van der Waals surface area contributed by atoms with Gasteiger partial charge in [0.05, 0.1) is 6.61 Å². The van der Waals surface area contributed by atoms with E-state index in [0.29, 0.717) is 6.61 Å². The van der Waals surface area contributed by atoms with Gasteiger partial charge >= 0.3 is 0 Å². The van der Waals surface area contributed by atoms with E-state index in [9.17, 15) is 5.11 Å². The molecule has 0 saturated carbocycles. The molecular formula is C16H33O4. The summed E-state index contributed by atoms with van der Waals surface area (Å²) in [5.41, 5.74) is 0. The third-order valence-electron chi connectivity index (χ3n) is 2.87. The van der Waals surface area contributed by atoms with Gasteiger partial charge in [0.2, 0.25) is 0 Å². The van der Waals surface area contributed by atoms with Crippen LogP contribution in [0.2, 0.25) is 0 Å². The van der Waals surface area contributed by atoms with Crippen molar-refractivity contribution in [3.8, 4) is 0 Å². The van der Waals surface area contributed by atoms with Crippen LogP contribution in [-0.4, -0.2) is 30.9 Å². The third-order valence-corrected chi connectivity index (χ3v) is 2.87. The Morgan fingerprint density at radius 2 is 1.25 bits per heavy atom. The lowest BCUT2D eigenvalue weighted by Gasteiger charge is -2.02. The molecule has 1 N–H and O–H groups in total. The highest BCUT2D eigenvalue weighted by Crippen LogP contribution is 2.10. The maximum atomic E-state index is 10.1. The number of carbonyl (C=O) groups is 1. The highest BCUT2D eigenvalue weighted by atomic mass is 16.5. The van der Waals surface area contributed by atoms with Crippen LogP contribution in [0.15, 0.2) is 0 Å². The smallest absolute Gasteiger partial charge is 0.300 e. The molecule has 0 unspecified atom stereocenters. The normalized spacial score (nSPS) is 9.95. The quantitative estimate of drug-likeness (QED) is 0.509. The largest absolute Gasteiger partial charge is 0.481 e. The highest BCUT2D eigenvalue weighted by molar-refractivity contribution is 5.62. The second-order valence-electron chi connectivity index (χ2n) is 5.02. The molecule has 4 nitrogen and oxygen atoms in total. The number of hydrogen-bond donors (Lipinski definition) is 1. The summed E-state index contributed by atoms with van der Waals surface area (Å²) >= 11 is 0. The van der Waals surface area contributed by atoms with Gasteiger partial charge in [-0.1, -0.05) is 64.7 Å². The van der Waals surface area contributed by atoms with Gasteiger partial charge in [0.25, 0.3) is 5.97 Å². The molecule has 4 heteroatoms. The summed E-state index contributed by atoms with van der Waals surface area (Å²) in [6, 6.07) is 0. The zero-order chi connectivity index (χ0) is 15.5. The molecule has 0 saturated heterocycles. The highest BCUT2D eigenvalue weighted by Gasteiger charge is 1.92. The van der Waals surface area contributed by atoms with Crippen molar-refractivity contribution >= 4 is 5.97 Å². The predicted molar refractivity (Wildman–Crippen MR) is 81.5 cm³/mol. The average molecular weight is 289 g/mol. The molecule has 0 heterocycles. The Morgan fingerprint density at radius 3 is 1.65 bits per heavy atom. The van der Waals surface area contributed by atoms with Gasteiger partial charge in [0.15, 0.2) is 0 Å². The predicted octanol–water partition coefficient (Wildman–Crippen LogP) is 4.45. The molecule has 0 rings (SSSR count). The van der Waals surface area contributed by atoms with Gasteiger partial charge in [0.1, 0.15) is 6.61 Å². The van der Waals surface area contributed by atoms with E-state index in [-0.39, 0.29) is 6.61 Å². The number of ether oxygens (including phenoxy) is 1. The van der Waals surface area contributed by atoms with E-state index in [4.69, 9.17) is 14.6 Å². The van der Waals surface area contributed by atoms with E-state index >= 15 is 0 Å². The first kappa shape index (κ1) is 21.7. The molecule has 0 aromatic carbocycles. The van der Waals surface area contributed by atoms with Crippen LogP contribution in [0.4, 0.5) is 0 Å². The van der Waals surface area contributed by atoms with Crippen molar-refractivity contribution in [3.05, 3.63) is 0 Å². The second kappa shape index (κ2) is 20.7. The summed E-state index contributed by atoms with van der Waals surface area (Å²) in [6.07, 6.45) is 13.4. The number of rotatable bonds is 13. The van der Waals surface area contributed by atoms with Crippen molar-refractivity contribution in [1.82, 2.24) is 0 Å². The van der Waals surface area contributed by atoms with Crippen LogP contribution in [0.3, 0.4) is 0 Å². The van der Waals surface area contributed by atoms with E-state index in [2.05, 4.69) is 6.92 Å². The molecule has 1 radical (unpaired) electrons. The summed E-state index contributed by atoms with van der Waals surface area (Å²) in [5.74, 6) is -0.833. The van der Waals surface area contributed by atoms with Gasteiger partial charge in [-0.15, -0.1) is 0 Å². The Bertz CT molecular complexity index is 165. The molecule has 20 heavy (non-hydrogen) atoms. The molecule has 0 amide bonds. The maximum Gasteiger partial charge on any atom is 0.300 e. The minimum absolute atomic E-state index is 0.0994. The van der Waals surface area contributed by atoms with Crippen LogP contribution in [-0.2, 0) is 14.6 Å². The Labute approximate surface area is 124 Å². The van der Waals surface area contributed by atoms with Crippen LogP contribution in [0, 0.1) is 0 Å². The van der Waals surface area contributed by atoms with E-state index in [0.717, 1.165) is 20.0 Å². The van der Waals surface area contributed by atoms with Crippen molar-refractivity contribution in [3.63, 3.8) is 0 Å². The van der Waals surface area contributed by atoms with Crippen molar-refractivity contribution in [2.24, 2.45) is 0 Å². The summed E-state index contributed by atoms with van der Waals surface area (Å²) in [4.78, 5) is 9.00. The minimum atomic E-state index is -0.833. The van der Waals surface area contributed by atoms with E-state index in [1.165, 1.54) is 57.8 Å². The van der Waals surface area contributed by atoms with Crippen molar-refractivity contribution < 1.29 is 19.7 Å². The molecule has 0 aliphatic carbocycles. The SMILES string of the molecule is CC(=O)O.CCCCCCCCCCCCOCC[O]. The second-order valence-corrected chi connectivity index (χ2v) is 5.02. The first-order valence-electron chi connectivity index (χ1n) is 8.00. The molecule has 0 aliphatic rings. The lowest BCUT2D eigenvalue weighted by molar-refractivity contribution is -0.134. The van der Waals surface area contributed by atoms with Crippen LogP contribution >= 0.6 is 0 Å². The van der Waals surface area contributed by atoms with Crippen LogP contribution in [0.5, 0.6) is 0 Å². The van der Waals surface area contributed by atoms with Gasteiger partial charge in [-0.25, -0.2) is 5.11 Å². The molecule has 0 aromatic heterocycles. The molecule has 0 atom stereocenters. The third kappa shape index (κ3) is 30.4. The fourth-order valence-corrected chi connectivity index (χ4v) is 1.85. The number of carboxylic acids is 1.